The van der Waals surface area contributed by atoms with Crippen molar-refractivity contribution in [3.05, 3.63) is 17.0 Å². The summed E-state index contributed by atoms with van der Waals surface area (Å²) >= 11 is 5.90. The van der Waals surface area contributed by atoms with Crippen LogP contribution in [0.4, 0.5) is 0 Å². The van der Waals surface area contributed by atoms with Crippen molar-refractivity contribution >= 4 is 38.6 Å². The number of thiocarbonyl (C=S) groups is 1. The molecule has 1 aliphatic carbocycles. The second-order valence-electron chi connectivity index (χ2n) is 4.55. The molecule has 0 aliphatic heterocycles. The fraction of sp³-hybridized carbons (Fsp3) is 0.545. The molecule has 8 heteroatoms. The molecule has 19 heavy (non-hydrogen) atoms. The van der Waals surface area contributed by atoms with Crippen molar-refractivity contribution in [2.75, 3.05) is 13.7 Å². The lowest BCUT2D eigenvalue weighted by Crippen LogP contribution is -2.49. The van der Waals surface area contributed by atoms with Gasteiger partial charge in [0.05, 0.1) is 10.5 Å². The lowest BCUT2D eigenvalue weighted by molar-refractivity contribution is -0.0659. The molecule has 1 aliphatic rings. The Labute approximate surface area is 122 Å². The van der Waals surface area contributed by atoms with Crippen molar-refractivity contribution in [2.45, 2.75) is 29.1 Å². The Balaban J connectivity index is 2.07. The zero-order chi connectivity index (χ0) is 14.1. The molecular weight excluding hydrogens is 304 g/mol. The molecule has 1 saturated carbocycles. The number of methoxy groups -OCH3 is 1. The molecule has 106 valence electrons. The largest absolute Gasteiger partial charge is 0.389 e. The van der Waals surface area contributed by atoms with E-state index < -0.39 is 10.0 Å². The van der Waals surface area contributed by atoms with Crippen LogP contribution in [0.15, 0.2) is 16.3 Å². The van der Waals surface area contributed by atoms with Crippen LogP contribution in [0.2, 0.25) is 0 Å². The molecule has 1 fully saturated rings. The van der Waals surface area contributed by atoms with Crippen molar-refractivity contribution in [2.24, 2.45) is 5.73 Å². The smallest absolute Gasteiger partial charge is 0.250 e. The first kappa shape index (κ1) is 14.9. The fourth-order valence-corrected chi connectivity index (χ4v) is 4.43. The quantitative estimate of drug-likeness (QED) is 0.771. The Bertz CT molecular complexity index is 570. The second kappa shape index (κ2) is 5.45. The standard InChI is InChI=1S/C11H16N2O3S3/c1-16-11(5-2-6-11)7-13-19(14,15)9-4-3-8(18-9)10(12)17/h3-4,13H,2,5-7H2,1H3,(H2,12,17). The van der Waals surface area contributed by atoms with Gasteiger partial charge in [0.15, 0.2) is 0 Å². The predicted molar refractivity (Wildman–Crippen MR) is 79.0 cm³/mol. The van der Waals surface area contributed by atoms with Crippen LogP contribution >= 0.6 is 23.6 Å². The summed E-state index contributed by atoms with van der Waals surface area (Å²) in [6.45, 7) is 0.298. The van der Waals surface area contributed by atoms with Crippen LogP contribution in [-0.4, -0.2) is 32.7 Å². The zero-order valence-corrected chi connectivity index (χ0v) is 13.0. The van der Waals surface area contributed by atoms with Gasteiger partial charge in [-0.05, 0) is 31.4 Å². The van der Waals surface area contributed by atoms with Gasteiger partial charge in [0, 0.05) is 13.7 Å². The lowest BCUT2D eigenvalue weighted by atomic mass is 9.80. The maximum absolute atomic E-state index is 12.1. The summed E-state index contributed by atoms with van der Waals surface area (Å²) in [6, 6.07) is 3.14. The third kappa shape index (κ3) is 3.14. The molecule has 1 heterocycles. The second-order valence-corrected chi connectivity index (χ2v) is 8.07. The lowest BCUT2D eigenvalue weighted by Gasteiger charge is -2.40. The van der Waals surface area contributed by atoms with Crippen molar-refractivity contribution in [3.8, 4) is 0 Å². The Morgan fingerprint density at radius 3 is 2.68 bits per heavy atom. The van der Waals surface area contributed by atoms with E-state index in [9.17, 15) is 8.42 Å². The number of thiophene rings is 1. The predicted octanol–water partition coefficient (Wildman–Crippen LogP) is 1.23. The monoisotopic (exact) mass is 320 g/mol. The van der Waals surface area contributed by atoms with E-state index in [0.29, 0.717) is 11.4 Å². The van der Waals surface area contributed by atoms with Gasteiger partial charge in [0.25, 0.3) is 0 Å². The highest BCUT2D eigenvalue weighted by molar-refractivity contribution is 7.91. The number of sulfonamides is 1. The van der Waals surface area contributed by atoms with Crippen molar-refractivity contribution in [1.29, 1.82) is 0 Å². The summed E-state index contributed by atoms with van der Waals surface area (Å²) in [5.74, 6) is 0. The Hall–Kier alpha value is -0.540. The first-order valence-electron chi connectivity index (χ1n) is 5.83. The maximum Gasteiger partial charge on any atom is 0.250 e. The Morgan fingerprint density at radius 1 is 1.58 bits per heavy atom. The van der Waals surface area contributed by atoms with Crippen LogP contribution in [0.1, 0.15) is 24.1 Å². The number of nitrogens with one attached hydrogen (secondary N) is 1. The van der Waals surface area contributed by atoms with E-state index in [1.165, 1.54) is 6.07 Å². The van der Waals surface area contributed by atoms with Gasteiger partial charge >= 0.3 is 0 Å². The average molecular weight is 320 g/mol. The summed E-state index contributed by atoms with van der Waals surface area (Å²) < 4.78 is 32.5. The molecule has 0 amide bonds. The molecule has 0 radical (unpaired) electrons. The number of hydrogen-bond donors (Lipinski definition) is 2. The highest BCUT2D eigenvalue weighted by atomic mass is 32.2. The topological polar surface area (TPSA) is 81.4 Å². The van der Waals surface area contributed by atoms with E-state index in [-0.39, 0.29) is 14.8 Å². The molecule has 1 aromatic rings. The van der Waals surface area contributed by atoms with E-state index in [0.717, 1.165) is 30.6 Å². The normalized spacial score (nSPS) is 17.9. The molecular formula is C11H16N2O3S3. The number of nitrogens with two attached hydrogens (primary N) is 1. The van der Waals surface area contributed by atoms with E-state index in [4.69, 9.17) is 22.7 Å². The van der Waals surface area contributed by atoms with Crippen LogP contribution in [0.25, 0.3) is 0 Å². The van der Waals surface area contributed by atoms with Crippen LogP contribution in [0.3, 0.4) is 0 Å². The van der Waals surface area contributed by atoms with E-state index in [1.807, 2.05) is 0 Å². The highest BCUT2D eigenvalue weighted by Crippen LogP contribution is 2.34. The fourth-order valence-electron chi connectivity index (χ4n) is 1.92. The van der Waals surface area contributed by atoms with Gasteiger partial charge in [-0.3, -0.25) is 0 Å². The Morgan fingerprint density at radius 2 is 2.26 bits per heavy atom. The van der Waals surface area contributed by atoms with Gasteiger partial charge in [0.2, 0.25) is 10.0 Å². The number of rotatable bonds is 6. The molecule has 0 spiro atoms. The molecule has 0 saturated heterocycles. The third-order valence-electron chi connectivity index (χ3n) is 3.37. The third-order valence-corrected chi connectivity index (χ3v) is 6.73. The molecule has 2 rings (SSSR count). The van der Waals surface area contributed by atoms with E-state index in [2.05, 4.69) is 4.72 Å². The summed E-state index contributed by atoms with van der Waals surface area (Å²) in [7, 11) is -1.90. The van der Waals surface area contributed by atoms with Crippen LogP contribution in [0, 0.1) is 0 Å². The van der Waals surface area contributed by atoms with Crippen molar-refractivity contribution in [1.82, 2.24) is 4.72 Å². The molecule has 0 bridgehead atoms. The molecule has 0 unspecified atom stereocenters. The van der Waals surface area contributed by atoms with Crippen molar-refractivity contribution in [3.63, 3.8) is 0 Å². The van der Waals surface area contributed by atoms with Gasteiger partial charge in [-0.25, -0.2) is 13.1 Å². The first-order valence-corrected chi connectivity index (χ1v) is 8.54. The van der Waals surface area contributed by atoms with Gasteiger partial charge in [0.1, 0.15) is 9.20 Å². The summed E-state index contributed by atoms with van der Waals surface area (Å²) in [5.41, 5.74) is 5.14. The van der Waals surface area contributed by atoms with Crippen LogP contribution < -0.4 is 10.5 Å². The molecule has 3 N–H and O–H groups in total. The van der Waals surface area contributed by atoms with Gasteiger partial charge in [-0.2, -0.15) is 0 Å². The maximum atomic E-state index is 12.1. The van der Waals surface area contributed by atoms with Gasteiger partial charge in [-0.1, -0.05) is 12.2 Å². The number of hydrogen-bond acceptors (Lipinski definition) is 5. The van der Waals surface area contributed by atoms with Crippen molar-refractivity contribution < 1.29 is 13.2 Å². The minimum atomic E-state index is -3.52. The summed E-state index contributed by atoms with van der Waals surface area (Å²) in [4.78, 5) is 0.805. The average Bonchev–Trinajstić information content (AvgIpc) is 2.78. The summed E-state index contributed by atoms with van der Waals surface area (Å²) in [5, 5.41) is 0. The van der Waals surface area contributed by atoms with E-state index >= 15 is 0 Å². The SMILES string of the molecule is COC1(CNS(=O)(=O)c2ccc(C(N)=S)s2)CCC1. The zero-order valence-electron chi connectivity index (χ0n) is 10.5. The van der Waals surface area contributed by atoms with Gasteiger partial charge < -0.3 is 10.5 Å². The van der Waals surface area contributed by atoms with Gasteiger partial charge in [-0.15, -0.1) is 11.3 Å². The minimum absolute atomic E-state index is 0.207. The Kier molecular flexibility index (Phi) is 4.26. The van der Waals surface area contributed by atoms with Crippen LogP contribution in [0.5, 0.6) is 0 Å². The number of ether oxygens (including phenoxy) is 1. The first-order chi connectivity index (χ1) is 8.88. The highest BCUT2D eigenvalue weighted by Gasteiger charge is 2.38. The van der Waals surface area contributed by atoms with E-state index in [1.54, 1.807) is 13.2 Å². The molecule has 0 aromatic carbocycles. The van der Waals surface area contributed by atoms with Crippen LogP contribution in [-0.2, 0) is 14.8 Å². The molecule has 1 aromatic heterocycles. The minimum Gasteiger partial charge on any atom is -0.389 e. The molecule has 5 nitrogen and oxygen atoms in total. The summed E-state index contributed by atoms with van der Waals surface area (Å²) in [6.07, 6.45) is 2.84. The molecule has 0 atom stereocenters.